The first-order chi connectivity index (χ1) is 8.65. The zero-order valence-electron chi connectivity index (χ0n) is 11.7. The summed E-state index contributed by atoms with van der Waals surface area (Å²) in [5.41, 5.74) is 0. The van der Waals surface area contributed by atoms with E-state index in [-0.39, 0.29) is 0 Å². The maximum absolute atomic E-state index is 12.2. The van der Waals surface area contributed by atoms with E-state index in [4.69, 9.17) is 0 Å². The molecule has 2 saturated heterocycles. The molecule has 0 aliphatic carbocycles. The number of rotatable bonds is 3. The molecule has 2 aliphatic rings. The molecular formula is C14H27N3O. The molecule has 2 fully saturated rings. The molecule has 2 heterocycles. The first kappa shape index (κ1) is 13.8. The van der Waals surface area contributed by atoms with Gasteiger partial charge in [0, 0.05) is 31.6 Å². The van der Waals surface area contributed by atoms with Crippen LogP contribution in [0, 0.1) is 5.92 Å². The fraction of sp³-hybridized carbons (Fsp3) is 0.929. The summed E-state index contributed by atoms with van der Waals surface area (Å²) in [5.74, 6) is 1.11. The van der Waals surface area contributed by atoms with E-state index in [0.29, 0.717) is 18.0 Å². The van der Waals surface area contributed by atoms with E-state index in [2.05, 4.69) is 24.5 Å². The van der Waals surface area contributed by atoms with Crippen molar-refractivity contribution in [2.75, 3.05) is 26.2 Å². The lowest BCUT2D eigenvalue weighted by molar-refractivity contribution is -0.133. The number of amides is 1. The molecule has 2 N–H and O–H groups in total. The van der Waals surface area contributed by atoms with Gasteiger partial charge in [-0.1, -0.05) is 0 Å². The molecule has 104 valence electrons. The Morgan fingerprint density at radius 2 is 1.78 bits per heavy atom. The third-order valence-corrected chi connectivity index (χ3v) is 4.14. The van der Waals surface area contributed by atoms with Gasteiger partial charge in [0.15, 0.2) is 0 Å². The van der Waals surface area contributed by atoms with Crippen LogP contribution in [0.1, 0.15) is 39.5 Å². The van der Waals surface area contributed by atoms with Crippen molar-refractivity contribution in [1.82, 2.24) is 15.5 Å². The van der Waals surface area contributed by atoms with E-state index >= 15 is 0 Å². The Hall–Kier alpha value is -0.610. The van der Waals surface area contributed by atoms with Crippen LogP contribution in [0.25, 0.3) is 0 Å². The summed E-state index contributed by atoms with van der Waals surface area (Å²) >= 11 is 0. The van der Waals surface area contributed by atoms with Crippen LogP contribution in [-0.4, -0.2) is 49.1 Å². The van der Waals surface area contributed by atoms with Crippen LogP contribution in [0.15, 0.2) is 0 Å². The van der Waals surface area contributed by atoms with Crippen molar-refractivity contribution in [3.8, 4) is 0 Å². The topological polar surface area (TPSA) is 44.4 Å². The zero-order valence-corrected chi connectivity index (χ0v) is 11.7. The lowest BCUT2D eigenvalue weighted by atomic mass is 9.93. The lowest BCUT2D eigenvalue weighted by Crippen LogP contribution is -2.55. The van der Waals surface area contributed by atoms with E-state index in [0.717, 1.165) is 44.9 Å². The first-order valence-corrected chi connectivity index (χ1v) is 7.39. The minimum atomic E-state index is 0.355. The number of nitrogens with zero attached hydrogens (tertiary/aromatic N) is 1. The number of hydrogen-bond donors (Lipinski definition) is 2. The van der Waals surface area contributed by atoms with Gasteiger partial charge in [-0.3, -0.25) is 4.79 Å². The van der Waals surface area contributed by atoms with Crippen LogP contribution in [-0.2, 0) is 4.79 Å². The second-order valence-corrected chi connectivity index (χ2v) is 6.00. The smallest absolute Gasteiger partial charge is 0.222 e. The molecule has 18 heavy (non-hydrogen) atoms. The van der Waals surface area contributed by atoms with Crippen LogP contribution in [0.5, 0.6) is 0 Å². The Morgan fingerprint density at radius 1 is 1.17 bits per heavy atom. The van der Waals surface area contributed by atoms with Crippen LogP contribution in [0.4, 0.5) is 0 Å². The fourth-order valence-electron chi connectivity index (χ4n) is 3.19. The normalized spacial score (nSPS) is 30.4. The predicted octanol–water partition coefficient (Wildman–Crippen LogP) is 0.975. The summed E-state index contributed by atoms with van der Waals surface area (Å²) < 4.78 is 0. The molecule has 4 nitrogen and oxygen atoms in total. The van der Waals surface area contributed by atoms with Crippen molar-refractivity contribution in [1.29, 1.82) is 0 Å². The number of carbonyl (C=O) groups excluding carboxylic acids is 1. The van der Waals surface area contributed by atoms with Crippen molar-refractivity contribution in [2.45, 2.75) is 51.6 Å². The van der Waals surface area contributed by atoms with Gasteiger partial charge in [0.05, 0.1) is 0 Å². The molecule has 0 aromatic carbocycles. The van der Waals surface area contributed by atoms with Crippen molar-refractivity contribution >= 4 is 5.91 Å². The van der Waals surface area contributed by atoms with Gasteiger partial charge in [0.1, 0.15) is 0 Å². The van der Waals surface area contributed by atoms with Gasteiger partial charge in [0.2, 0.25) is 5.91 Å². The predicted molar refractivity (Wildman–Crippen MR) is 73.5 cm³/mol. The van der Waals surface area contributed by atoms with Crippen LogP contribution >= 0.6 is 0 Å². The number of hydrogen-bond acceptors (Lipinski definition) is 3. The van der Waals surface area contributed by atoms with E-state index in [9.17, 15) is 4.79 Å². The van der Waals surface area contributed by atoms with Crippen molar-refractivity contribution in [3.05, 3.63) is 0 Å². The standard InChI is InChI=1S/C14H27N3O/c1-11-9-17(10-12(2)16-11)14(18)4-3-13-5-7-15-8-6-13/h11-13,15-16H,3-10H2,1-2H3. The molecule has 2 atom stereocenters. The van der Waals surface area contributed by atoms with Gasteiger partial charge in [0.25, 0.3) is 0 Å². The monoisotopic (exact) mass is 253 g/mol. The van der Waals surface area contributed by atoms with Crippen molar-refractivity contribution in [2.24, 2.45) is 5.92 Å². The van der Waals surface area contributed by atoms with Crippen molar-refractivity contribution in [3.63, 3.8) is 0 Å². The summed E-state index contributed by atoms with van der Waals surface area (Å²) in [5, 5.41) is 6.84. The Balaban J connectivity index is 1.73. The molecule has 0 bridgehead atoms. The average molecular weight is 253 g/mol. The zero-order chi connectivity index (χ0) is 13.0. The van der Waals surface area contributed by atoms with Gasteiger partial charge < -0.3 is 15.5 Å². The molecule has 0 saturated carbocycles. The van der Waals surface area contributed by atoms with Crippen LogP contribution in [0.2, 0.25) is 0 Å². The van der Waals surface area contributed by atoms with Gasteiger partial charge in [-0.25, -0.2) is 0 Å². The molecule has 0 spiro atoms. The molecule has 4 heteroatoms. The van der Waals surface area contributed by atoms with Gasteiger partial charge in [-0.05, 0) is 52.1 Å². The van der Waals surface area contributed by atoms with E-state index in [1.807, 2.05) is 4.90 Å². The van der Waals surface area contributed by atoms with Gasteiger partial charge in [-0.2, -0.15) is 0 Å². The highest BCUT2D eigenvalue weighted by Crippen LogP contribution is 2.19. The maximum atomic E-state index is 12.2. The first-order valence-electron chi connectivity index (χ1n) is 7.39. The Bertz CT molecular complexity index is 266. The average Bonchev–Trinajstić information content (AvgIpc) is 2.36. The number of nitrogens with one attached hydrogen (secondary N) is 2. The third kappa shape index (κ3) is 3.95. The largest absolute Gasteiger partial charge is 0.340 e. The van der Waals surface area contributed by atoms with Crippen molar-refractivity contribution < 1.29 is 4.79 Å². The molecule has 0 radical (unpaired) electrons. The third-order valence-electron chi connectivity index (χ3n) is 4.14. The van der Waals surface area contributed by atoms with E-state index < -0.39 is 0 Å². The molecule has 2 rings (SSSR count). The summed E-state index contributed by atoms with van der Waals surface area (Å²) in [7, 11) is 0. The minimum absolute atomic E-state index is 0.355. The number of piperazine rings is 1. The summed E-state index contributed by atoms with van der Waals surface area (Å²) in [6.45, 7) is 8.30. The maximum Gasteiger partial charge on any atom is 0.222 e. The quantitative estimate of drug-likeness (QED) is 0.788. The van der Waals surface area contributed by atoms with Gasteiger partial charge in [-0.15, -0.1) is 0 Å². The highest BCUT2D eigenvalue weighted by Gasteiger charge is 2.25. The second-order valence-electron chi connectivity index (χ2n) is 6.00. The Labute approximate surface area is 110 Å². The summed E-state index contributed by atoms with van der Waals surface area (Å²) in [4.78, 5) is 14.3. The SMILES string of the molecule is CC1CN(C(=O)CCC2CCNCC2)CC(C)N1. The Morgan fingerprint density at radius 3 is 2.39 bits per heavy atom. The highest BCUT2D eigenvalue weighted by atomic mass is 16.2. The van der Waals surface area contributed by atoms with Crippen LogP contribution in [0.3, 0.4) is 0 Å². The molecule has 1 amide bonds. The number of carbonyl (C=O) groups is 1. The molecule has 2 unspecified atom stereocenters. The van der Waals surface area contributed by atoms with Crippen LogP contribution < -0.4 is 10.6 Å². The minimum Gasteiger partial charge on any atom is -0.340 e. The molecule has 0 aromatic rings. The van der Waals surface area contributed by atoms with Gasteiger partial charge >= 0.3 is 0 Å². The number of piperidine rings is 1. The highest BCUT2D eigenvalue weighted by molar-refractivity contribution is 5.76. The van der Waals surface area contributed by atoms with E-state index in [1.165, 1.54) is 12.8 Å². The Kier molecular flexibility index (Phi) is 5.01. The summed E-state index contributed by atoms with van der Waals surface area (Å²) in [6.07, 6.45) is 4.29. The summed E-state index contributed by atoms with van der Waals surface area (Å²) in [6, 6.07) is 0.855. The fourth-order valence-corrected chi connectivity index (χ4v) is 3.19. The van der Waals surface area contributed by atoms with E-state index in [1.54, 1.807) is 0 Å². The molecular weight excluding hydrogens is 226 g/mol. The molecule has 0 aromatic heterocycles. The second kappa shape index (κ2) is 6.53. The lowest BCUT2D eigenvalue weighted by Gasteiger charge is -2.36. The molecule has 2 aliphatic heterocycles.